The second kappa shape index (κ2) is 12.7. The Labute approximate surface area is 233 Å². The number of ether oxygens (including phenoxy) is 1. The first kappa shape index (κ1) is 30.2. The van der Waals surface area contributed by atoms with E-state index in [0.717, 1.165) is 54.5 Å². The number of halogens is 5. The Morgan fingerprint density at radius 1 is 1.03 bits per heavy atom. The van der Waals surface area contributed by atoms with Gasteiger partial charge in [-0.2, -0.15) is 4.98 Å². The van der Waals surface area contributed by atoms with E-state index in [1.54, 1.807) is 0 Å². The number of benzene rings is 2. The van der Waals surface area contributed by atoms with E-state index in [4.69, 9.17) is 0 Å². The van der Waals surface area contributed by atoms with Crippen LogP contribution in [0.15, 0.2) is 51.8 Å². The molecule has 0 unspecified atom stereocenters. The normalized spacial score (nSPS) is 18.0. The molecule has 2 aromatic carbocycles. The van der Waals surface area contributed by atoms with Crippen molar-refractivity contribution in [1.29, 1.82) is 0 Å². The predicted molar refractivity (Wildman–Crippen MR) is 146 cm³/mol. The van der Waals surface area contributed by atoms with Crippen LogP contribution in [0, 0.1) is 11.8 Å². The summed E-state index contributed by atoms with van der Waals surface area (Å²) in [5.41, 5.74) is 0.843. The van der Waals surface area contributed by atoms with Gasteiger partial charge < -0.3 is 15.4 Å². The molecule has 8 nitrogen and oxygen atoms in total. The highest BCUT2D eigenvalue weighted by Gasteiger charge is 2.34. The molecule has 4 rings (SSSR count). The van der Waals surface area contributed by atoms with Gasteiger partial charge in [-0.15, -0.1) is 25.6 Å². The molecule has 14 heteroatoms. The number of fused-ring (bicyclic) bond motifs is 1. The number of nitrogens with one attached hydrogen (secondary N) is 3. The maximum absolute atomic E-state index is 12.8. The third kappa shape index (κ3) is 7.84. The third-order valence-electron chi connectivity index (χ3n) is 6.34. The van der Waals surface area contributed by atoms with Crippen molar-refractivity contribution in [2.75, 3.05) is 30.8 Å². The number of hydrogen-bond acceptors (Lipinski definition) is 7. The zero-order chi connectivity index (χ0) is 26.6. The lowest BCUT2D eigenvalue weighted by atomic mass is 9.82. The second-order valence-corrected chi connectivity index (χ2v) is 11.6. The first-order chi connectivity index (χ1) is 17.5. The number of aromatic nitrogens is 2. The van der Waals surface area contributed by atoms with E-state index in [1.165, 1.54) is 6.07 Å². The number of nitrogens with zero attached hydrogens (tertiary/aromatic N) is 2. The highest BCUT2D eigenvalue weighted by Crippen LogP contribution is 2.33. The second-order valence-electron chi connectivity index (χ2n) is 8.92. The Morgan fingerprint density at radius 2 is 1.68 bits per heavy atom. The summed E-state index contributed by atoms with van der Waals surface area (Å²) in [6, 6.07) is 11.2. The zero-order valence-electron chi connectivity index (χ0n) is 20.4. The molecule has 1 aromatic heterocycles. The predicted octanol–water partition coefficient (Wildman–Crippen LogP) is 5.95. The summed E-state index contributed by atoms with van der Waals surface area (Å²) in [7, 11) is -2.38. The van der Waals surface area contributed by atoms with Crippen molar-refractivity contribution in [3.8, 4) is 5.75 Å². The molecule has 1 aliphatic rings. The quantitative estimate of drug-likeness (QED) is 0.266. The van der Waals surface area contributed by atoms with Gasteiger partial charge in [0, 0.05) is 30.0 Å². The summed E-state index contributed by atoms with van der Waals surface area (Å²) < 4.78 is 70.5. The van der Waals surface area contributed by atoms with Crippen LogP contribution in [0.3, 0.4) is 0 Å². The highest BCUT2D eigenvalue weighted by molar-refractivity contribution is 9.10. The molecular weight excluding hydrogens is 611 g/mol. The Morgan fingerprint density at radius 3 is 2.34 bits per heavy atom. The average molecular weight is 639 g/mol. The molecule has 1 fully saturated rings. The first-order valence-corrected chi connectivity index (χ1v) is 14.0. The largest absolute Gasteiger partial charge is 0.573 e. The van der Waals surface area contributed by atoms with Crippen molar-refractivity contribution in [3.05, 3.63) is 46.9 Å². The van der Waals surface area contributed by atoms with E-state index in [9.17, 15) is 21.6 Å². The standard InChI is InChI=1S/C24H27BrF3N5O3S.ClH/c1-29-22-18-4-2-3-5-19(18)32-23(33-22)30-13-15-6-8-16(9-7-15)14-31-37(34,35)21-11-10-17(25)12-20(21)36-24(26,27)28;/h2-5,10-12,15-16,31H,6-9,13-14H2,1H3,(H2,29,30,32,33);1H/t15-,16-;. The maximum Gasteiger partial charge on any atom is 0.573 e. The fourth-order valence-corrected chi connectivity index (χ4v) is 6.00. The topological polar surface area (TPSA) is 105 Å². The summed E-state index contributed by atoms with van der Waals surface area (Å²) in [4.78, 5) is 8.57. The van der Waals surface area contributed by atoms with Gasteiger partial charge in [0.15, 0.2) is 5.75 Å². The summed E-state index contributed by atoms with van der Waals surface area (Å²) in [6.45, 7) is 0.834. The zero-order valence-corrected chi connectivity index (χ0v) is 23.6. The third-order valence-corrected chi connectivity index (χ3v) is 8.29. The summed E-state index contributed by atoms with van der Waals surface area (Å²) in [6.07, 6.45) is -1.66. The van der Waals surface area contributed by atoms with Gasteiger partial charge in [-0.3, -0.25) is 0 Å². The van der Waals surface area contributed by atoms with Gasteiger partial charge in [-0.05, 0) is 67.9 Å². The van der Waals surface area contributed by atoms with E-state index in [1.807, 2.05) is 31.3 Å². The van der Waals surface area contributed by atoms with Crippen molar-refractivity contribution in [1.82, 2.24) is 14.7 Å². The van der Waals surface area contributed by atoms with Crippen molar-refractivity contribution in [3.63, 3.8) is 0 Å². The van der Waals surface area contributed by atoms with Crippen molar-refractivity contribution < 1.29 is 26.3 Å². The molecule has 0 atom stereocenters. The minimum Gasteiger partial charge on any atom is -0.404 e. The molecule has 1 saturated carbocycles. The smallest absolute Gasteiger partial charge is 0.404 e. The molecule has 0 radical (unpaired) electrons. The lowest BCUT2D eigenvalue weighted by Gasteiger charge is -2.28. The Kier molecular flexibility index (Phi) is 10.1. The van der Waals surface area contributed by atoms with Gasteiger partial charge in [-0.1, -0.05) is 28.1 Å². The van der Waals surface area contributed by atoms with Crippen LogP contribution in [0.25, 0.3) is 10.9 Å². The van der Waals surface area contributed by atoms with Crippen LogP contribution < -0.4 is 20.1 Å². The lowest BCUT2D eigenvalue weighted by molar-refractivity contribution is -0.275. The number of rotatable bonds is 9. The molecule has 3 N–H and O–H groups in total. The number of para-hydroxylation sites is 1. The lowest BCUT2D eigenvalue weighted by Crippen LogP contribution is -2.33. The minimum absolute atomic E-state index is 0. The van der Waals surface area contributed by atoms with Crippen LogP contribution in [0.4, 0.5) is 24.9 Å². The molecule has 0 saturated heterocycles. The fraction of sp³-hybridized carbons (Fsp3) is 0.417. The molecule has 3 aromatic rings. The van der Waals surface area contributed by atoms with Crippen LogP contribution in [0.2, 0.25) is 0 Å². The molecule has 0 bridgehead atoms. The SMILES string of the molecule is CNc1nc(NC[C@H]2CC[C@H](CNS(=O)(=O)c3ccc(Br)cc3OC(F)(F)F)CC2)nc2ccccc12.Cl. The molecule has 0 amide bonds. The van der Waals surface area contributed by atoms with Gasteiger partial charge >= 0.3 is 6.36 Å². The molecular formula is C24H28BrClF3N5O3S. The van der Waals surface area contributed by atoms with Gasteiger partial charge in [0.2, 0.25) is 16.0 Å². The number of sulfonamides is 1. The minimum atomic E-state index is -5.01. The maximum atomic E-state index is 12.8. The Balaban J connectivity index is 0.00000400. The molecule has 0 spiro atoms. The average Bonchev–Trinajstić information content (AvgIpc) is 2.85. The van der Waals surface area contributed by atoms with Crippen LogP contribution in [0.5, 0.6) is 5.75 Å². The van der Waals surface area contributed by atoms with Crippen molar-refractivity contribution in [2.24, 2.45) is 11.8 Å². The Hall–Kier alpha value is -2.35. The number of alkyl halides is 3. The van der Waals surface area contributed by atoms with Crippen LogP contribution in [0.1, 0.15) is 25.7 Å². The number of hydrogen-bond donors (Lipinski definition) is 3. The van der Waals surface area contributed by atoms with Crippen molar-refractivity contribution >= 4 is 61.0 Å². The highest BCUT2D eigenvalue weighted by atomic mass is 79.9. The van der Waals surface area contributed by atoms with E-state index >= 15 is 0 Å². The summed E-state index contributed by atoms with van der Waals surface area (Å²) in [5, 5.41) is 7.36. The van der Waals surface area contributed by atoms with Gasteiger partial charge in [0.1, 0.15) is 10.7 Å². The van der Waals surface area contributed by atoms with Crippen LogP contribution >= 0.6 is 28.3 Å². The fourth-order valence-electron chi connectivity index (χ4n) is 4.44. The molecule has 1 heterocycles. The van der Waals surface area contributed by atoms with E-state index < -0.39 is 27.0 Å². The Bertz CT molecular complexity index is 1360. The molecule has 0 aliphatic heterocycles. The number of anilines is 2. The van der Waals surface area contributed by atoms with E-state index in [-0.39, 0.29) is 29.3 Å². The van der Waals surface area contributed by atoms with Gasteiger partial charge in [0.05, 0.1) is 5.52 Å². The van der Waals surface area contributed by atoms with E-state index in [0.29, 0.717) is 18.4 Å². The van der Waals surface area contributed by atoms with Gasteiger partial charge in [-0.25, -0.2) is 18.1 Å². The summed E-state index contributed by atoms with van der Waals surface area (Å²) in [5.74, 6) is 0.977. The van der Waals surface area contributed by atoms with Gasteiger partial charge in [0.25, 0.3) is 0 Å². The van der Waals surface area contributed by atoms with E-state index in [2.05, 4.69) is 46.0 Å². The monoisotopic (exact) mass is 637 g/mol. The molecule has 208 valence electrons. The van der Waals surface area contributed by atoms with Crippen LogP contribution in [-0.4, -0.2) is 44.9 Å². The first-order valence-electron chi connectivity index (χ1n) is 11.8. The van der Waals surface area contributed by atoms with Crippen LogP contribution in [-0.2, 0) is 10.0 Å². The van der Waals surface area contributed by atoms with Crippen molar-refractivity contribution in [2.45, 2.75) is 36.9 Å². The molecule has 38 heavy (non-hydrogen) atoms. The summed E-state index contributed by atoms with van der Waals surface area (Å²) >= 11 is 3.04. The molecule has 1 aliphatic carbocycles.